The lowest BCUT2D eigenvalue weighted by molar-refractivity contribution is 0.805. The van der Waals surface area contributed by atoms with Crippen LogP contribution in [0.15, 0.2) is 48.5 Å². The summed E-state index contributed by atoms with van der Waals surface area (Å²) >= 11 is 0. The lowest BCUT2D eigenvalue weighted by Crippen LogP contribution is -2.06. The van der Waals surface area contributed by atoms with Crippen molar-refractivity contribution in [2.45, 2.75) is 79.1 Å². The maximum Gasteiger partial charge on any atom is -0.00649 e. The van der Waals surface area contributed by atoms with Crippen LogP contribution < -0.4 is 0 Å². The van der Waals surface area contributed by atoms with Crippen LogP contribution in [0, 0.1) is 0 Å². The number of rotatable bonds is 5. The van der Waals surface area contributed by atoms with Crippen LogP contribution in [0.2, 0.25) is 0 Å². The van der Waals surface area contributed by atoms with Crippen molar-refractivity contribution < 1.29 is 0 Å². The standard InChI is InChI=1S/C28H36/c1-17(2)22-15-25(19(5)6)28(26(16-22)20(7)8)27-23(18(3)4)14-13-21-11-9-10-12-24(21)27/h9-20H,1-8H3. The number of benzene rings is 3. The van der Waals surface area contributed by atoms with Crippen LogP contribution in [0.3, 0.4) is 0 Å². The fourth-order valence-corrected chi connectivity index (χ4v) is 4.29. The van der Waals surface area contributed by atoms with Gasteiger partial charge < -0.3 is 0 Å². The molecule has 0 atom stereocenters. The second-order valence-electron chi connectivity index (χ2n) is 9.44. The molecule has 0 fully saturated rings. The Kier molecular flexibility index (Phi) is 5.98. The lowest BCUT2D eigenvalue weighted by Gasteiger charge is -2.26. The highest BCUT2D eigenvalue weighted by Gasteiger charge is 2.22. The third-order valence-corrected chi connectivity index (χ3v) is 5.97. The van der Waals surface area contributed by atoms with Crippen molar-refractivity contribution in [2.24, 2.45) is 0 Å². The first kappa shape index (κ1) is 20.6. The highest BCUT2D eigenvalue weighted by atomic mass is 14.3. The summed E-state index contributed by atoms with van der Waals surface area (Å²) in [5.74, 6) is 2.01. The SMILES string of the molecule is CC(C)c1cc(C(C)C)c(-c2c(C(C)C)ccc3ccccc23)c(C(C)C)c1. The maximum absolute atomic E-state index is 2.47. The topological polar surface area (TPSA) is 0 Å². The first-order valence-electron chi connectivity index (χ1n) is 10.9. The second-order valence-corrected chi connectivity index (χ2v) is 9.44. The van der Waals surface area contributed by atoms with E-state index in [-0.39, 0.29) is 0 Å². The van der Waals surface area contributed by atoms with Crippen LogP contribution >= 0.6 is 0 Å². The monoisotopic (exact) mass is 372 g/mol. The Morgan fingerprint density at radius 1 is 0.500 bits per heavy atom. The predicted octanol–water partition coefficient (Wildman–Crippen LogP) is 9.00. The summed E-state index contributed by atoms with van der Waals surface area (Å²) in [6.45, 7) is 18.6. The van der Waals surface area contributed by atoms with E-state index in [1.165, 1.54) is 44.2 Å². The molecular formula is C28H36. The van der Waals surface area contributed by atoms with E-state index in [2.05, 4.69) is 104 Å². The molecule has 0 N–H and O–H groups in total. The average Bonchev–Trinajstić information content (AvgIpc) is 2.65. The van der Waals surface area contributed by atoms with Gasteiger partial charge in [0.05, 0.1) is 0 Å². The van der Waals surface area contributed by atoms with Gasteiger partial charge in [0, 0.05) is 0 Å². The van der Waals surface area contributed by atoms with Gasteiger partial charge in [-0.1, -0.05) is 104 Å². The molecule has 3 aromatic rings. The van der Waals surface area contributed by atoms with Gasteiger partial charge in [0.25, 0.3) is 0 Å². The Hall–Kier alpha value is -2.08. The predicted molar refractivity (Wildman–Crippen MR) is 126 cm³/mol. The van der Waals surface area contributed by atoms with Crippen molar-refractivity contribution in [3.05, 3.63) is 70.8 Å². The number of hydrogen-bond acceptors (Lipinski definition) is 0. The fourth-order valence-electron chi connectivity index (χ4n) is 4.29. The Morgan fingerprint density at radius 2 is 1.04 bits per heavy atom. The Balaban J connectivity index is 2.52. The minimum Gasteiger partial charge on any atom is -0.0616 e. The highest BCUT2D eigenvalue weighted by molar-refractivity contribution is 6.00. The third-order valence-electron chi connectivity index (χ3n) is 5.97. The molecule has 0 saturated carbocycles. The van der Waals surface area contributed by atoms with Gasteiger partial charge in [-0.3, -0.25) is 0 Å². The largest absolute Gasteiger partial charge is 0.0616 e. The zero-order chi connectivity index (χ0) is 20.6. The second kappa shape index (κ2) is 8.11. The van der Waals surface area contributed by atoms with E-state index in [1.54, 1.807) is 0 Å². The molecule has 0 spiro atoms. The van der Waals surface area contributed by atoms with Crippen LogP contribution in [0.25, 0.3) is 21.9 Å². The van der Waals surface area contributed by atoms with Crippen molar-refractivity contribution in [2.75, 3.05) is 0 Å². The van der Waals surface area contributed by atoms with E-state index in [0.29, 0.717) is 23.7 Å². The third kappa shape index (κ3) is 3.75. The molecule has 28 heavy (non-hydrogen) atoms. The first-order chi connectivity index (χ1) is 13.2. The summed E-state index contributed by atoms with van der Waals surface area (Å²) in [5.41, 5.74) is 8.84. The molecule has 0 heteroatoms. The van der Waals surface area contributed by atoms with Gasteiger partial charge in [0.1, 0.15) is 0 Å². The summed E-state index contributed by atoms with van der Waals surface area (Å²) < 4.78 is 0. The van der Waals surface area contributed by atoms with Crippen LogP contribution in [0.1, 0.15) is 101 Å². The molecule has 0 bridgehead atoms. The van der Waals surface area contributed by atoms with E-state index in [1.807, 2.05) is 0 Å². The molecule has 0 saturated heterocycles. The van der Waals surface area contributed by atoms with Crippen molar-refractivity contribution in [3.8, 4) is 11.1 Å². The van der Waals surface area contributed by atoms with E-state index in [4.69, 9.17) is 0 Å². The summed E-state index contributed by atoms with van der Waals surface area (Å²) in [5, 5.41) is 2.72. The molecule has 3 aromatic carbocycles. The molecule has 0 radical (unpaired) electrons. The first-order valence-corrected chi connectivity index (χ1v) is 10.9. The van der Waals surface area contributed by atoms with Crippen LogP contribution in [0.4, 0.5) is 0 Å². The van der Waals surface area contributed by atoms with Crippen molar-refractivity contribution in [3.63, 3.8) is 0 Å². The minimum atomic E-state index is 0.490. The lowest BCUT2D eigenvalue weighted by atomic mass is 9.78. The zero-order valence-corrected chi connectivity index (χ0v) is 18.9. The van der Waals surface area contributed by atoms with Gasteiger partial charge in [-0.15, -0.1) is 0 Å². The van der Waals surface area contributed by atoms with Crippen LogP contribution in [-0.2, 0) is 0 Å². The fraction of sp³-hybridized carbons (Fsp3) is 0.429. The summed E-state index contributed by atoms with van der Waals surface area (Å²) in [4.78, 5) is 0. The van der Waals surface area contributed by atoms with Gasteiger partial charge in [-0.05, 0) is 67.8 Å². The molecular weight excluding hydrogens is 336 g/mol. The molecule has 0 aliphatic rings. The molecule has 0 aliphatic heterocycles. The number of hydrogen-bond donors (Lipinski definition) is 0. The molecule has 3 rings (SSSR count). The van der Waals surface area contributed by atoms with E-state index in [9.17, 15) is 0 Å². The molecule has 0 heterocycles. The van der Waals surface area contributed by atoms with Gasteiger partial charge in [-0.2, -0.15) is 0 Å². The van der Waals surface area contributed by atoms with Gasteiger partial charge in [0.15, 0.2) is 0 Å². The van der Waals surface area contributed by atoms with Gasteiger partial charge >= 0.3 is 0 Å². The highest BCUT2D eigenvalue weighted by Crippen LogP contribution is 2.44. The molecule has 148 valence electrons. The molecule has 0 unspecified atom stereocenters. The molecule has 0 amide bonds. The molecule has 0 aliphatic carbocycles. The summed E-state index contributed by atoms with van der Waals surface area (Å²) in [6, 6.07) is 18.5. The van der Waals surface area contributed by atoms with E-state index < -0.39 is 0 Å². The summed E-state index contributed by atoms with van der Waals surface area (Å²) in [6.07, 6.45) is 0. The van der Waals surface area contributed by atoms with E-state index >= 15 is 0 Å². The minimum absolute atomic E-state index is 0.490. The van der Waals surface area contributed by atoms with Crippen molar-refractivity contribution in [1.29, 1.82) is 0 Å². The molecule has 0 aromatic heterocycles. The van der Waals surface area contributed by atoms with E-state index in [0.717, 1.165) is 0 Å². The Labute approximate surface area is 172 Å². The average molecular weight is 373 g/mol. The zero-order valence-electron chi connectivity index (χ0n) is 18.9. The normalized spacial score (nSPS) is 12.1. The molecule has 0 nitrogen and oxygen atoms in total. The quantitative estimate of drug-likeness (QED) is 0.419. The van der Waals surface area contributed by atoms with Crippen LogP contribution in [0.5, 0.6) is 0 Å². The van der Waals surface area contributed by atoms with Crippen LogP contribution in [-0.4, -0.2) is 0 Å². The van der Waals surface area contributed by atoms with Crippen molar-refractivity contribution >= 4 is 10.8 Å². The van der Waals surface area contributed by atoms with Gasteiger partial charge in [0.2, 0.25) is 0 Å². The maximum atomic E-state index is 2.47. The Morgan fingerprint density at radius 3 is 1.54 bits per heavy atom. The smallest absolute Gasteiger partial charge is 0.00649 e. The Bertz CT molecular complexity index is 941. The number of fused-ring (bicyclic) bond motifs is 1. The van der Waals surface area contributed by atoms with Gasteiger partial charge in [-0.25, -0.2) is 0 Å². The van der Waals surface area contributed by atoms with Crippen molar-refractivity contribution in [1.82, 2.24) is 0 Å². The summed E-state index contributed by atoms with van der Waals surface area (Å²) in [7, 11) is 0.